The number of ether oxygens (including phenoxy) is 2. The maximum Gasteiger partial charge on any atom is 0.226 e. The first-order valence-electron chi connectivity index (χ1n) is 6.65. The van der Waals surface area contributed by atoms with E-state index in [0.717, 1.165) is 0 Å². The van der Waals surface area contributed by atoms with Crippen LogP contribution in [0.1, 0.15) is 19.4 Å². The fourth-order valence-corrected chi connectivity index (χ4v) is 2.02. The van der Waals surface area contributed by atoms with E-state index in [0.29, 0.717) is 23.6 Å². The van der Waals surface area contributed by atoms with Crippen LogP contribution < -0.4 is 14.8 Å². The average Bonchev–Trinajstić information content (AvgIpc) is 3.01. The van der Waals surface area contributed by atoms with Crippen molar-refractivity contribution in [2.24, 2.45) is 0 Å². The predicted molar refractivity (Wildman–Crippen MR) is 79.7 cm³/mol. The second kappa shape index (κ2) is 6.78. The highest BCUT2D eigenvalue weighted by Gasteiger charge is 2.13. The maximum atomic E-state index is 12.1. The van der Waals surface area contributed by atoms with E-state index < -0.39 is 0 Å². The second-order valence-electron chi connectivity index (χ2n) is 4.65. The molecule has 6 nitrogen and oxygen atoms in total. The van der Waals surface area contributed by atoms with Crippen molar-refractivity contribution >= 4 is 11.6 Å². The zero-order valence-corrected chi connectivity index (χ0v) is 12.4. The van der Waals surface area contributed by atoms with Crippen LogP contribution in [0.15, 0.2) is 36.7 Å². The van der Waals surface area contributed by atoms with Crippen molar-refractivity contribution in [1.82, 2.24) is 9.78 Å². The Labute approximate surface area is 123 Å². The van der Waals surface area contributed by atoms with Crippen molar-refractivity contribution < 1.29 is 14.3 Å². The quantitative estimate of drug-likeness (QED) is 0.887. The Kier molecular flexibility index (Phi) is 4.81. The highest BCUT2D eigenvalue weighted by Crippen LogP contribution is 2.29. The van der Waals surface area contributed by atoms with Crippen molar-refractivity contribution in [2.75, 3.05) is 19.5 Å². The van der Waals surface area contributed by atoms with E-state index in [-0.39, 0.29) is 11.9 Å². The van der Waals surface area contributed by atoms with Gasteiger partial charge in [-0.3, -0.25) is 9.48 Å². The van der Waals surface area contributed by atoms with Crippen LogP contribution in [0.5, 0.6) is 11.5 Å². The number of methoxy groups -OCH3 is 2. The molecule has 2 aromatic rings. The first kappa shape index (κ1) is 14.9. The fourth-order valence-electron chi connectivity index (χ4n) is 2.02. The molecule has 0 spiro atoms. The molecule has 0 unspecified atom stereocenters. The Morgan fingerprint density at radius 3 is 2.81 bits per heavy atom. The molecule has 0 radical (unpaired) electrons. The number of nitrogens with one attached hydrogen (secondary N) is 1. The molecular weight excluding hydrogens is 270 g/mol. The molecule has 1 aromatic heterocycles. The SMILES string of the molecule is COc1ccc(OC)c(NC(=O)C[C@H](C)n2cccn2)c1. The Morgan fingerprint density at radius 1 is 1.38 bits per heavy atom. The Balaban J connectivity index is 2.05. The minimum absolute atomic E-state index is 0.0170. The van der Waals surface area contributed by atoms with Gasteiger partial charge in [-0.05, 0) is 25.1 Å². The number of carbonyl (C=O) groups is 1. The first-order valence-corrected chi connectivity index (χ1v) is 6.65. The molecule has 21 heavy (non-hydrogen) atoms. The molecule has 0 fully saturated rings. The number of rotatable bonds is 6. The van der Waals surface area contributed by atoms with Gasteiger partial charge in [-0.1, -0.05) is 0 Å². The number of amides is 1. The van der Waals surface area contributed by atoms with Crippen LogP contribution in [0.2, 0.25) is 0 Å². The van der Waals surface area contributed by atoms with Crippen LogP contribution in [0.25, 0.3) is 0 Å². The molecule has 2 rings (SSSR count). The van der Waals surface area contributed by atoms with Crippen LogP contribution in [0, 0.1) is 0 Å². The van der Waals surface area contributed by atoms with Gasteiger partial charge in [-0.25, -0.2) is 0 Å². The van der Waals surface area contributed by atoms with E-state index in [4.69, 9.17) is 9.47 Å². The molecule has 112 valence electrons. The van der Waals surface area contributed by atoms with Crippen LogP contribution in [-0.2, 0) is 4.79 Å². The van der Waals surface area contributed by atoms with E-state index in [1.54, 1.807) is 43.3 Å². The number of benzene rings is 1. The van der Waals surface area contributed by atoms with Gasteiger partial charge in [0.1, 0.15) is 11.5 Å². The molecule has 0 aliphatic rings. The maximum absolute atomic E-state index is 12.1. The van der Waals surface area contributed by atoms with Gasteiger partial charge >= 0.3 is 0 Å². The largest absolute Gasteiger partial charge is 0.497 e. The highest BCUT2D eigenvalue weighted by molar-refractivity contribution is 5.92. The van der Waals surface area contributed by atoms with Gasteiger partial charge in [0, 0.05) is 24.9 Å². The minimum atomic E-state index is -0.107. The highest BCUT2D eigenvalue weighted by atomic mass is 16.5. The summed E-state index contributed by atoms with van der Waals surface area (Å²) >= 11 is 0. The van der Waals surface area contributed by atoms with Gasteiger partial charge in [-0.15, -0.1) is 0 Å². The molecule has 0 saturated heterocycles. The van der Waals surface area contributed by atoms with Crippen LogP contribution >= 0.6 is 0 Å². The summed E-state index contributed by atoms with van der Waals surface area (Å²) in [5.41, 5.74) is 0.592. The van der Waals surface area contributed by atoms with Crippen molar-refractivity contribution in [3.05, 3.63) is 36.7 Å². The van der Waals surface area contributed by atoms with Crippen molar-refractivity contribution in [3.63, 3.8) is 0 Å². The first-order chi connectivity index (χ1) is 10.1. The summed E-state index contributed by atoms with van der Waals surface area (Å²) in [6.07, 6.45) is 3.85. The third-order valence-electron chi connectivity index (χ3n) is 3.14. The van der Waals surface area contributed by atoms with Gasteiger partial charge in [-0.2, -0.15) is 5.10 Å². The van der Waals surface area contributed by atoms with Gasteiger partial charge in [0.2, 0.25) is 5.91 Å². The molecule has 0 saturated carbocycles. The average molecular weight is 289 g/mol. The lowest BCUT2D eigenvalue weighted by atomic mass is 10.2. The summed E-state index contributed by atoms with van der Waals surface area (Å²) in [5.74, 6) is 1.15. The lowest BCUT2D eigenvalue weighted by Crippen LogP contribution is -2.18. The molecular formula is C15H19N3O3. The minimum Gasteiger partial charge on any atom is -0.497 e. The van der Waals surface area contributed by atoms with E-state index in [1.165, 1.54) is 0 Å². The summed E-state index contributed by atoms with van der Waals surface area (Å²) in [4.78, 5) is 12.1. The standard InChI is InChI=1S/C15H19N3O3/c1-11(18-8-4-7-16-18)9-15(19)17-13-10-12(20-2)5-6-14(13)21-3/h4-8,10-11H,9H2,1-3H3,(H,17,19)/t11-/m0/s1. The molecule has 1 amide bonds. The molecule has 1 aromatic carbocycles. The normalized spacial score (nSPS) is 11.8. The number of carbonyl (C=O) groups excluding carboxylic acids is 1. The fraction of sp³-hybridized carbons (Fsp3) is 0.333. The Morgan fingerprint density at radius 2 is 2.19 bits per heavy atom. The van der Waals surface area contributed by atoms with Crippen molar-refractivity contribution in [1.29, 1.82) is 0 Å². The smallest absolute Gasteiger partial charge is 0.226 e. The summed E-state index contributed by atoms with van der Waals surface area (Å²) < 4.78 is 12.1. The molecule has 1 heterocycles. The topological polar surface area (TPSA) is 65.4 Å². The summed E-state index contributed by atoms with van der Waals surface area (Å²) in [7, 11) is 3.14. The van der Waals surface area contributed by atoms with Crippen molar-refractivity contribution in [3.8, 4) is 11.5 Å². The lowest BCUT2D eigenvalue weighted by molar-refractivity contribution is -0.116. The van der Waals surface area contributed by atoms with Gasteiger partial charge in [0.15, 0.2) is 0 Å². The molecule has 1 N–H and O–H groups in total. The van der Waals surface area contributed by atoms with Gasteiger partial charge in [0.05, 0.1) is 25.9 Å². The van der Waals surface area contributed by atoms with Crippen LogP contribution in [0.3, 0.4) is 0 Å². The third kappa shape index (κ3) is 3.75. The van der Waals surface area contributed by atoms with Crippen LogP contribution in [-0.4, -0.2) is 29.9 Å². The van der Waals surface area contributed by atoms with Gasteiger partial charge < -0.3 is 14.8 Å². The Hall–Kier alpha value is -2.50. The summed E-state index contributed by atoms with van der Waals surface area (Å²) in [6, 6.07) is 7.08. The summed E-state index contributed by atoms with van der Waals surface area (Å²) in [6.45, 7) is 1.94. The zero-order chi connectivity index (χ0) is 15.2. The van der Waals surface area contributed by atoms with Crippen molar-refractivity contribution in [2.45, 2.75) is 19.4 Å². The zero-order valence-electron chi connectivity index (χ0n) is 12.4. The lowest BCUT2D eigenvalue weighted by Gasteiger charge is -2.14. The van der Waals surface area contributed by atoms with Gasteiger partial charge in [0.25, 0.3) is 0 Å². The molecule has 0 aliphatic heterocycles. The van der Waals surface area contributed by atoms with E-state index in [2.05, 4.69) is 10.4 Å². The molecule has 6 heteroatoms. The number of anilines is 1. The number of aromatic nitrogens is 2. The number of hydrogen-bond donors (Lipinski definition) is 1. The van der Waals surface area contributed by atoms with E-state index in [1.807, 2.05) is 19.2 Å². The molecule has 0 aliphatic carbocycles. The van der Waals surface area contributed by atoms with E-state index in [9.17, 15) is 4.79 Å². The second-order valence-corrected chi connectivity index (χ2v) is 4.65. The summed E-state index contributed by atoms with van der Waals surface area (Å²) in [5, 5.41) is 6.97. The Bertz CT molecular complexity index is 596. The monoisotopic (exact) mass is 289 g/mol. The molecule has 0 bridgehead atoms. The third-order valence-corrected chi connectivity index (χ3v) is 3.14. The number of hydrogen-bond acceptors (Lipinski definition) is 4. The van der Waals surface area contributed by atoms with E-state index >= 15 is 0 Å². The van der Waals surface area contributed by atoms with Crippen LogP contribution in [0.4, 0.5) is 5.69 Å². The predicted octanol–water partition coefficient (Wildman–Crippen LogP) is 2.49. The number of nitrogens with zero attached hydrogens (tertiary/aromatic N) is 2. The molecule has 1 atom stereocenters.